The van der Waals surface area contributed by atoms with E-state index in [4.69, 9.17) is 14.0 Å². The van der Waals surface area contributed by atoms with Gasteiger partial charge < -0.3 is 14.0 Å². The predicted octanol–water partition coefficient (Wildman–Crippen LogP) is 0.827. The second-order valence-electron chi connectivity index (χ2n) is 4.27. The highest BCUT2D eigenvalue weighted by molar-refractivity contribution is 4.86. The molecule has 2 heterocycles. The number of aromatic nitrogens is 2. The van der Waals surface area contributed by atoms with Gasteiger partial charge in [0.25, 0.3) is 0 Å². The Labute approximate surface area is 101 Å². The first-order valence-corrected chi connectivity index (χ1v) is 5.87. The summed E-state index contributed by atoms with van der Waals surface area (Å²) in [6.07, 6.45) is 2.61. The van der Waals surface area contributed by atoms with Crippen LogP contribution in [-0.2, 0) is 22.6 Å². The van der Waals surface area contributed by atoms with Crippen LogP contribution in [0.15, 0.2) is 4.52 Å². The fourth-order valence-electron chi connectivity index (χ4n) is 2.08. The fraction of sp³-hybridized carbons (Fsp3) is 0.818. The summed E-state index contributed by atoms with van der Waals surface area (Å²) in [5.74, 6) is 1.25. The van der Waals surface area contributed by atoms with E-state index in [1.54, 1.807) is 14.2 Å². The molecule has 1 aliphatic heterocycles. The van der Waals surface area contributed by atoms with Crippen molar-refractivity contribution in [3.63, 3.8) is 0 Å². The second-order valence-corrected chi connectivity index (χ2v) is 4.27. The summed E-state index contributed by atoms with van der Waals surface area (Å²) in [5, 5.41) is 3.84. The van der Waals surface area contributed by atoms with E-state index in [-0.39, 0.29) is 0 Å². The van der Waals surface area contributed by atoms with Gasteiger partial charge in [-0.25, -0.2) is 0 Å². The number of hydrogen-bond acceptors (Lipinski definition) is 6. The standard InChI is InChI=1S/C11H19N3O3/c1-15-8-10-12-11(17-13-10)7-14-5-3-4-9(6-14)16-2/h9H,3-8H2,1-2H3. The SMILES string of the molecule is COCc1noc(CN2CCCC(OC)C2)n1. The van der Waals surface area contributed by atoms with E-state index < -0.39 is 0 Å². The van der Waals surface area contributed by atoms with E-state index >= 15 is 0 Å². The van der Waals surface area contributed by atoms with Gasteiger partial charge in [-0.15, -0.1) is 0 Å². The van der Waals surface area contributed by atoms with Gasteiger partial charge in [-0.05, 0) is 19.4 Å². The maximum atomic E-state index is 5.37. The van der Waals surface area contributed by atoms with Crippen LogP contribution in [0.3, 0.4) is 0 Å². The molecule has 6 nitrogen and oxygen atoms in total. The van der Waals surface area contributed by atoms with Gasteiger partial charge in [-0.1, -0.05) is 5.16 Å². The Bertz CT molecular complexity index is 342. The maximum Gasteiger partial charge on any atom is 0.240 e. The van der Waals surface area contributed by atoms with Gasteiger partial charge in [0, 0.05) is 20.8 Å². The number of nitrogens with zero attached hydrogens (tertiary/aromatic N) is 3. The van der Waals surface area contributed by atoms with Crippen LogP contribution in [-0.4, -0.2) is 48.5 Å². The van der Waals surface area contributed by atoms with E-state index in [1.807, 2.05) is 0 Å². The number of methoxy groups -OCH3 is 2. The van der Waals surface area contributed by atoms with Crippen LogP contribution < -0.4 is 0 Å². The molecule has 1 aromatic rings. The van der Waals surface area contributed by atoms with Crippen LogP contribution >= 0.6 is 0 Å². The molecule has 2 rings (SSSR count). The van der Waals surface area contributed by atoms with E-state index in [0.29, 0.717) is 31.0 Å². The molecule has 0 N–H and O–H groups in total. The summed E-state index contributed by atoms with van der Waals surface area (Å²) < 4.78 is 15.5. The molecule has 1 saturated heterocycles. The van der Waals surface area contributed by atoms with Crippen molar-refractivity contribution in [1.82, 2.24) is 15.0 Å². The normalized spacial score (nSPS) is 21.9. The van der Waals surface area contributed by atoms with Gasteiger partial charge in [0.05, 0.1) is 12.6 Å². The second kappa shape index (κ2) is 6.09. The number of rotatable bonds is 5. The van der Waals surface area contributed by atoms with Crippen molar-refractivity contribution in [1.29, 1.82) is 0 Å². The zero-order valence-corrected chi connectivity index (χ0v) is 10.4. The highest BCUT2D eigenvalue weighted by Gasteiger charge is 2.21. The Balaban J connectivity index is 1.86. The summed E-state index contributed by atoms with van der Waals surface area (Å²) in [7, 11) is 3.38. The lowest BCUT2D eigenvalue weighted by Crippen LogP contribution is -2.38. The zero-order chi connectivity index (χ0) is 12.1. The number of likely N-dealkylation sites (tertiary alicyclic amines) is 1. The van der Waals surface area contributed by atoms with E-state index in [9.17, 15) is 0 Å². The Hall–Kier alpha value is -0.980. The van der Waals surface area contributed by atoms with Crippen molar-refractivity contribution >= 4 is 0 Å². The predicted molar refractivity (Wildman–Crippen MR) is 60.3 cm³/mol. The topological polar surface area (TPSA) is 60.6 Å². The van der Waals surface area contributed by atoms with Gasteiger partial charge in [-0.3, -0.25) is 4.90 Å². The van der Waals surface area contributed by atoms with Crippen LogP contribution in [0.2, 0.25) is 0 Å². The molecular formula is C11H19N3O3. The highest BCUT2D eigenvalue weighted by atomic mass is 16.5. The maximum absolute atomic E-state index is 5.37. The summed E-state index contributed by atoms with van der Waals surface area (Å²) in [6, 6.07) is 0. The van der Waals surface area contributed by atoms with Crippen molar-refractivity contribution in [3.05, 3.63) is 11.7 Å². The number of ether oxygens (including phenoxy) is 2. The Morgan fingerprint density at radius 2 is 2.35 bits per heavy atom. The van der Waals surface area contributed by atoms with Crippen LogP contribution in [0.4, 0.5) is 0 Å². The summed E-state index contributed by atoms with van der Waals surface area (Å²) in [6.45, 7) is 3.07. The third kappa shape index (κ3) is 3.49. The molecule has 1 unspecified atom stereocenters. The van der Waals surface area contributed by atoms with Crippen LogP contribution in [0.1, 0.15) is 24.6 Å². The molecule has 0 aliphatic carbocycles. The minimum Gasteiger partial charge on any atom is -0.380 e. The average Bonchev–Trinajstić information content (AvgIpc) is 2.77. The first-order chi connectivity index (χ1) is 8.31. The summed E-state index contributed by atoms with van der Waals surface area (Å²) in [5.41, 5.74) is 0. The van der Waals surface area contributed by atoms with Crippen LogP contribution in [0, 0.1) is 0 Å². The zero-order valence-electron chi connectivity index (χ0n) is 10.4. The molecule has 96 valence electrons. The van der Waals surface area contributed by atoms with Crippen LogP contribution in [0.25, 0.3) is 0 Å². The Kier molecular flexibility index (Phi) is 4.47. The highest BCUT2D eigenvalue weighted by Crippen LogP contribution is 2.14. The van der Waals surface area contributed by atoms with Gasteiger partial charge >= 0.3 is 0 Å². The van der Waals surface area contributed by atoms with Crippen LogP contribution in [0.5, 0.6) is 0 Å². The molecule has 0 aromatic carbocycles. The van der Waals surface area contributed by atoms with Gasteiger partial charge in [0.15, 0.2) is 5.82 Å². The Morgan fingerprint density at radius 1 is 1.47 bits per heavy atom. The molecule has 1 atom stereocenters. The van der Waals surface area contributed by atoms with Gasteiger partial charge in [0.2, 0.25) is 5.89 Å². The molecule has 0 spiro atoms. The quantitative estimate of drug-likeness (QED) is 0.761. The summed E-state index contributed by atoms with van der Waals surface area (Å²) in [4.78, 5) is 6.54. The van der Waals surface area contributed by atoms with Gasteiger partial charge in [-0.2, -0.15) is 4.98 Å². The minimum absolute atomic E-state index is 0.324. The lowest BCUT2D eigenvalue weighted by molar-refractivity contribution is 0.0251. The van der Waals surface area contributed by atoms with E-state index in [0.717, 1.165) is 25.9 Å². The van der Waals surface area contributed by atoms with Crippen molar-refractivity contribution < 1.29 is 14.0 Å². The molecule has 1 aliphatic rings. The number of hydrogen-bond donors (Lipinski definition) is 0. The van der Waals surface area contributed by atoms with Crippen molar-refractivity contribution in [2.75, 3.05) is 27.3 Å². The third-order valence-electron chi connectivity index (χ3n) is 2.94. The minimum atomic E-state index is 0.324. The molecule has 6 heteroatoms. The third-order valence-corrected chi connectivity index (χ3v) is 2.94. The average molecular weight is 241 g/mol. The van der Waals surface area contributed by atoms with Crippen molar-refractivity contribution in [2.24, 2.45) is 0 Å². The molecule has 0 amide bonds. The van der Waals surface area contributed by atoms with Gasteiger partial charge in [0.1, 0.15) is 6.61 Å². The molecule has 17 heavy (non-hydrogen) atoms. The van der Waals surface area contributed by atoms with Crippen molar-refractivity contribution in [2.45, 2.75) is 32.1 Å². The molecule has 1 fully saturated rings. The molecular weight excluding hydrogens is 222 g/mol. The first kappa shape index (κ1) is 12.5. The smallest absolute Gasteiger partial charge is 0.240 e. The largest absolute Gasteiger partial charge is 0.380 e. The van der Waals surface area contributed by atoms with E-state index in [1.165, 1.54) is 0 Å². The summed E-state index contributed by atoms with van der Waals surface area (Å²) >= 11 is 0. The molecule has 1 aromatic heterocycles. The lowest BCUT2D eigenvalue weighted by atomic mass is 10.1. The van der Waals surface area contributed by atoms with Crippen molar-refractivity contribution in [3.8, 4) is 0 Å². The van der Waals surface area contributed by atoms with E-state index in [2.05, 4.69) is 15.0 Å². The number of piperidine rings is 1. The Morgan fingerprint density at radius 3 is 3.12 bits per heavy atom. The molecule has 0 radical (unpaired) electrons. The first-order valence-electron chi connectivity index (χ1n) is 5.87. The fourth-order valence-corrected chi connectivity index (χ4v) is 2.08. The lowest BCUT2D eigenvalue weighted by Gasteiger charge is -2.30. The monoisotopic (exact) mass is 241 g/mol. The molecule has 0 saturated carbocycles. The molecule has 0 bridgehead atoms.